The lowest BCUT2D eigenvalue weighted by Crippen LogP contribution is -2.48. The Kier molecular flexibility index (Phi) is 9.76. The van der Waals surface area contributed by atoms with E-state index in [4.69, 9.17) is 39.5 Å². The second-order valence-electron chi connectivity index (χ2n) is 6.71. The first kappa shape index (κ1) is 24.3. The van der Waals surface area contributed by atoms with Crippen LogP contribution in [-0.4, -0.2) is 36.4 Å². The number of halogens is 3. The van der Waals surface area contributed by atoms with Crippen molar-refractivity contribution >= 4 is 46.6 Å². The van der Waals surface area contributed by atoms with Gasteiger partial charge in [0.1, 0.15) is 11.8 Å². The minimum Gasteiger partial charge on any atom is -0.494 e. The number of hydrogen-bond donors (Lipinski definition) is 1. The summed E-state index contributed by atoms with van der Waals surface area (Å²) in [6, 6.07) is 11.7. The molecule has 1 N–H and O–H groups in total. The van der Waals surface area contributed by atoms with Crippen LogP contribution in [0.5, 0.6) is 5.75 Å². The third-order valence-electron chi connectivity index (χ3n) is 4.59. The Bertz CT molecular complexity index is 859. The molecule has 0 bridgehead atoms. The molecule has 0 spiro atoms. The Morgan fingerprint density at radius 3 is 2.37 bits per heavy atom. The zero-order valence-electron chi connectivity index (χ0n) is 17.0. The molecule has 8 heteroatoms. The SMILES string of the molecule is CC[C@H](C(=O)NC)N(Cc1ccc(Cl)c(Cl)c1)C(=O)CCCOc1ccc(Cl)cc1. The van der Waals surface area contributed by atoms with Gasteiger partial charge < -0.3 is 15.0 Å². The minimum atomic E-state index is -0.575. The maximum Gasteiger partial charge on any atom is 0.242 e. The van der Waals surface area contributed by atoms with Crippen molar-refractivity contribution in [1.82, 2.24) is 10.2 Å². The minimum absolute atomic E-state index is 0.128. The quantitative estimate of drug-likeness (QED) is 0.475. The first-order valence-corrected chi connectivity index (χ1v) is 10.8. The summed E-state index contributed by atoms with van der Waals surface area (Å²) < 4.78 is 5.65. The highest BCUT2D eigenvalue weighted by atomic mass is 35.5. The molecule has 0 aliphatic rings. The predicted octanol–water partition coefficient (Wildman–Crippen LogP) is 5.36. The molecule has 0 fully saturated rings. The molecule has 0 saturated heterocycles. The number of carbonyl (C=O) groups is 2. The van der Waals surface area contributed by atoms with Crippen molar-refractivity contribution in [2.45, 2.75) is 38.8 Å². The highest BCUT2D eigenvalue weighted by Crippen LogP contribution is 2.24. The lowest BCUT2D eigenvalue weighted by Gasteiger charge is -2.30. The molecule has 0 aliphatic heterocycles. The number of likely N-dealkylation sites (N-methyl/N-ethyl adjacent to an activating group) is 1. The molecule has 162 valence electrons. The van der Waals surface area contributed by atoms with Crippen LogP contribution >= 0.6 is 34.8 Å². The fourth-order valence-corrected chi connectivity index (χ4v) is 3.46. The van der Waals surface area contributed by atoms with Crippen LogP contribution in [0.2, 0.25) is 15.1 Å². The van der Waals surface area contributed by atoms with Gasteiger partial charge in [0, 0.05) is 25.0 Å². The molecule has 0 radical (unpaired) electrons. The summed E-state index contributed by atoms with van der Waals surface area (Å²) in [4.78, 5) is 26.9. The van der Waals surface area contributed by atoms with Crippen molar-refractivity contribution < 1.29 is 14.3 Å². The van der Waals surface area contributed by atoms with E-state index >= 15 is 0 Å². The number of hydrogen-bond acceptors (Lipinski definition) is 3. The maximum absolute atomic E-state index is 13.0. The zero-order chi connectivity index (χ0) is 22.1. The molecule has 0 aromatic heterocycles. The van der Waals surface area contributed by atoms with E-state index in [0.29, 0.717) is 40.3 Å². The number of rotatable bonds is 10. The van der Waals surface area contributed by atoms with Crippen molar-refractivity contribution in [2.75, 3.05) is 13.7 Å². The van der Waals surface area contributed by atoms with Crippen LogP contribution < -0.4 is 10.1 Å². The fourth-order valence-electron chi connectivity index (χ4n) is 3.01. The predicted molar refractivity (Wildman–Crippen MR) is 121 cm³/mol. The summed E-state index contributed by atoms with van der Waals surface area (Å²) in [5, 5.41) is 4.12. The Morgan fingerprint density at radius 2 is 1.77 bits per heavy atom. The summed E-state index contributed by atoms with van der Waals surface area (Å²) in [6.45, 7) is 2.52. The van der Waals surface area contributed by atoms with Gasteiger partial charge in [-0.15, -0.1) is 0 Å². The van der Waals surface area contributed by atoms with Gasteiger partial charge in [0.25, 0.3) is 0 Å². The van der Waals surface area contributed by atoms with Gasteiger partial charge in [-0.2, -0.15) is 0 Å². The van der Waals surface area contributed by atoms with Gasteiger partial charge in [0.05, 0.1) is 16.7 Å². The van der Waals surface area contributed by atoms with E-state index in [2.05, 4.69) is 5.32 Å². The highest BCUT2D eigenvalue weighted by Gasteiger charge is 2.27. The number of carbonyl (C=O) groups excluding carboxylic acids is 2. The van der Waals surface area contributed by atoms with Crippen LogP contribution in [0.1, 0.15) is 31.7 Å². The van der Waals surface area contributed by atoms with Crippen LogP contribution in [-0.2, 0) is 16.1 Å². The molecule has 30 heavy (non-hydrogen) atoms. The Hall–Kier alpha value is -1.95. The van der Waals surface area contributed by atoms with E-state index in [9.17, 15) is 9.59 Å². The number of nitrogens with zero attached hydrogens (tertiary/aromatic N) is 1. The van der Waals surface area contributed by atoms with Crippen molar-refractivity contribution in [3.8, 4) is 5.75 Å². The van der Waals surface area contributed by atoms with E-state index in [-0.39, 0.29) is 24.8 Å². The van der Waals surface area contributed by atoms with E-state index in [1.807, 2.05) is 6.92 Å². The molecule has 1 atom stereocenters. The molecule has 0 aliphatic carbocycles. The molecule has 5 nitrogen and oxygen atoms in total. The van der Waals surface area contributed by atoms with Crippen molar-refractivity contribution in [3.05, 3.63) is 63.1 Å². The summed E-state index contributed by atoms with van der Waals surface area (Å²) in [6.07, 6.45) is 1.26. The average molecular weight is 472 g/mol. The van der Waals surface area contributed by atoms with Gasteiger partial charge >= 0.3 is 0 Å². The van der Waals surface area contributed by atoms with E-state index in [1.165, 1.54) is 0 Å². The van der Waals surface area contributed by atoms with Gasteiger partial charge in [-0.25, -0.2) is 0 Å². The first-order valence-electron chi connectivity index (χ1n) is 9.69. The second kappa shape index (κ2) is 12.0. The second-order valence-corrected chi connectivity index (χ2v) is 7.97. The normalized spacial score (nSPS) is 11.6. The molecule has 2 aromatic carbocycles. The lowest BCUT2D eigenvalue weighted by molar-refractivity contribution is -0.141. The molecule has 2 aromatic rings. The van der Waals surface area contributed by atoms with Gasteiger partial charge in [0.2, 0.25) is 11.8 Å². The van der Waals surface area contributed by atoms with Crippen LogP contribution in [0.3, 0.4) is 0 Å². The molecule has 0 heterocycles. The van der Waals surface area contributed by atoms with Gasteiger partial charge in [0.15, 0.2) is 0 Å². The van der Waals surface area contributed by atoms with Gasteiger partial charge in [-0.05, 0) is 54.8 Å². The van der Waals surface area contributed by atoms with Crippen molar-refractivity contribution in [3.63, 3.8) is 0 Å². The zero-order valence-corrected chi connectivity index (χ0v) is 19.2. The number of benzene rings is 2. The summed E-state index contributed by atoms with van der Waals surface area (Å²) in [5.41, 5.74) is 0.803. The summed E-state index contributed by atoms with van der Waals surface area (Å²) >= 11 is 18.0. The summed E-state index contributed by atoms with van der Waals surface area (Å²) in [7, 11) is 1.56. The monoisotopic (exact) mass is 470 g/mol. The molecule has 0 unspecified atom stereocenters. The average Bonchev–Trinajstić information content (AvgIpc) is 2.74. The van der Waals surface area contributed by atoms with Gasteiger partial charge in [-0.1, -0.05) is 47.8 Å². The summed E-state index contributed by atoms with van der Waals surface area (Å²) in [5.74, 6) is 0.357. The van der Waals surface area contributed by atoms with E-state index in [1.54, 1.807) is 54.4 Å². The third kappa shape index (κ3) is 7.08. The highest BCUT2D eigenvalue weighted by molar-refractivity contribution is 6.42. The molecular formula is C22H25Cl3N2O3. The topological polar surface area (TPSA) is 58.6 Å². The third-order valence-corrected chi connectivity index (χ3v) is 5.58. The molecule has 2 rings (SSSR count). The molecular weight excluding hydrogens is 447 g/mol. The largest absolute Gasteiger partial charge is 0.494 e. The number of ether oxygens (including phenoxy) is 1. The first-order chi connectivity index (χ1) is 14.3. The molecule has 2 amide bonds. The van der Waals surface area contributed by atoms with Crippen molar-refractivity contribution in [2.24, 2.45) is 0 Å². The Balaban J connectivity index is 2.04. The molecule has 0 saturated carbocycles. The van der Waals surface area contributed by atoms with Crippen LogP contribution in [0, 0.1) is 0 Å². The van der Waals surface area contributed by atoms with Crippen molar-refractivity contribution in [1.29, 1.82) is 0 Å². The van der Waals surface area contributed by atoms with Crippen LogP contribution in [0.15, 0.2) is 42.5 Å². The van der Waals surface area contributed by atoms with Gasteiger partial charge in [-0.3, -0.25) is 9.59 Å². The van der Waals surface area contributed by atoms with E-state index in [0.717, 1.165) is 5.56 Å². The van der Waals surface area contributed by atoms with Crippen LogP contribution in [0.4, 0.5) is 0 Å². The van der Waals surface area contributed by atoms with Crippen LogP contribution in [0.25, 0.3) is 0 Å². The fraction of sp³-hybridized carbons (Fsp3) is 0.364. The Morgan fingerprint density at radius 1 is 1.07 bits per heavy atom. The number of nitrogens with one attached hydrogen (secondary N) is 1. The van der Waals surface area contributed by atoms with E-state index < -0.39 is 6.04 Å². The maximum atomic E-state index is 13.0. The standard InChI is InChI=1S/C22H25Cl3N2O3/c1-3-20(22(29)26-2)27(14-15-6-11-18(24)19(25)13-15)21(28)5-4-12-30-17-9-7-16(23)8-10-17/h6-11,13,20H,3-5,12,14H2,1-2H3,(H,26,29)/t20-/m1/s1. The Labute approximate surface area is 192 Å². The lowest BCUT2D eigenvalue weighted by atomic mass is 10.1. The number of amides is 2. The smallest absolute Gasteiger partial charge is 0.242 e.